The molecule has 0 fully saturated rings. The zero-order chi connectivity index (χ0) is 16.8. The second-order valence-corrected chi connectivity index (χ2v) is 6.01. The van der Waals surface area contributed by atoms with E-state index >= 15 is 0 Å². The van der Waals surface area contributed by atoms with E-state index in [1.54, 1.807) is 4.68 Å². The van der Waals surface area contributed by atoms with Crippen molar-refractivity contribution in [1.82, 2.24) is 14.8 Å². The number of hydrogen-bond acceptors (Lipinski definition) is 6. The molecule has 0 bridgehead atoms. The van der Waals surface area contributed by atoms with E-state index < -0.39 is 23.2 Å². The van der Waals surface area contributed by atoms with Crippen molar-refractivity contribution in [2.24, 2.45) is 5.73 Å². The highest BCUT2D eigenvalue weighted by Crippen LogP contribution is 2.23. The number of aliphatic carboxylic acids is 2. The lowest BCUT2D eigenvalue weighted by Crippen LogP contribution is -2.35. The van der Waals surface area contributed by atoms with Crippen molar-refractivity contribution in [3.63, 3.8) is 0 Å². The zero-order valence-corrected chi connectivity index (χ0v) is 12.9. The summed E-state index contributed by atoms with van der Waals surface area (Å²) in [5.74, 6) is -2.38. The smallest absolute Gasteiger partial charge is 0.320 e. The highest BCUT2D eigenvalue weighted by Gasteiger charge is 2.26. The molecule has 0 aliphatic carbocycles. The Morgan fingerprint density at radius 2 is 1.91 bits per heavy atom. The second-order valence-electron chi connectivity index (χ2n) is 4.84. The molecule has 0 spiro atoms. The predicted molar refractivity (Wildman–Crippen MR) is 83.1 cm³/mol. The summed E-state index contributed by atoms with van der Waals surface area (Å²) in [6, 6.07) is 8.39. The molecule has 23 heavy (non-hydrogen) atoms. The van der Waals surface area contributed by atoms with Gasteiger partial charge in [0.15, 0.2) is 0 Å². The maximum atomic E-state index is 11.2. The summed E-state index contributed by atoms with van der Waals surface area (Å²) in [6.45, 7) is 0.515. The van der Waals surface area contributed by atoms with E-state index in [-0.39, 0.29) is 11.6 Å². The Hall–Kier alpha value is -2.39. The van der Waals surface area contributed by atoms with E-state index in [1.165, 1.54) is 6.33 Å². The van der Waals surface area contributed by atoms with Crippen molar-refractivity contribution >= 4 is 23.7 Å². The zero-order valence-electron chi connectivity index (χ0n) is 12.1. The first-order valence-corrected chi connectivity index (χ1v) is 7.65. The van der Waals surface area contributed by atoms with Gasteiger partial charge >= 0.3 is 11.9 Å². The second kappa shape index (κ2) is 7.75. The third kappa shape index (κ3) is 5.08. The van der Waals surface area contributed by atoms with Crippen molar-refractivity contribution in [2.45, 2.75) is 29.4 Å². The molecule has 2 atom stereocenters. The Labute approximate surface area is 136 Å². The van der Waals surface area contributed by atoms with E-state index in [9.17, 15) is 14.7 Å². The minimum Gasteiger partial charge on any atom is -0.480 e. The van der Waals surface area contributed by atoms with Crippen molar-refractivity contribution in [3.05, 3.63) is 42.2 Å². The maximum absolute atomic E-state index is 11.2. The van der Waals surface area contributed by atoms with E-state index in [1.807, 2.05) is 30.3 Å². The van der Waals surface area contributed by atoms with Gasteiger partial charge < -0.3 is 15.9 Å². The lowest BCUT2D eigenvalue weighted by Gasteiger charge is -2.12. The van der Waals surface area contributed by atoms with Crippen molar-refractivity contribution in [1.29, 1.82) is 0 Å². The van der Waals surface area contributed by atoms with Crippen molar-refractivity contribution < 1.29 is 19.8 Å². The third-order valence-electron chi connectivity index (χ3n) is 3.01. The molecule has 0 aliphatic rings. The number of carboxylic acids is 2. The van der Waals surface area contributed by atoms with Crippen molar-refractivity contribution in [2.75, 3.05) is 0 Å². The van der Waals surface area contributed by atoms with Crippen LogP contribution in [0.15, 0.2) is 41.8 Å². The minimum atomic E-state index is -1.24. The van der Waals surface area contributed by atoms with Crippen LogP contribution in [-0.4, -0.2) is 48.2 Å². The number of carbonyl (C=O) groups is 2. The number of thioether (sulfide) groups is 1. The van der Waals surface area contributed by atoms with Crippen molar-refractivity contribution in [3.8, 4) is 0 Å². The van der Waals surface area contributed by atoms with Gasteiger partial charge in [0, 0.05) is 0 Å². The van der Waals surface area contributed by atoms with Gasteiger partial charge in [-0.2, -0.15) is 0 Å². The fourth-order valence-electron chi connectivity index (χ4n) is 1.84. The molecule has 2 unspecified atom stereocenters. The molecule has 122 valence electrons. The van der Waals surface area contributed by atoms with Crippen LogP contribution in [0.2, 0.25) is 0 Å². The molecule has 0 aliphatic heterocycles. The van der Waals surface area contributed by atoms with Gasteiger partial charge in [-0.3, -0.25) is 9.59 Å². The van der Waals surface area contributed by atoms with Gasteiger partial charge in [0.05, 0.1) is 6.54 Å². The first kappa shape index (κ1) is 17.0. The Kier molecular flexibility index (Phi) is 5.72. The lowest BCUT2D eigenvalue weighted by molar-refractivity contribution is -0.139. The van der Waals surface area contributed by atoms with Gasteiger partial charge in [-0.1, -0.05) is 42.1 Å². The molecule has 9 heteroatoms. The molecule has 1 aromatic carbocycles. The van der Waals surface area contributed by atoms with Gasteiger partial charge in [-0.05, 0) is 12.0 Å². The monoisotopic (exact) mass is 336 g/mol. The average Bonchev–Trinajstić information content (AvgIpc) is 2.94. The largest absolute Gasteiger partial charge is 0.480 e. The Bertz CT molecular complexity index is 676. The van der Waals surface area contributed by atoms with Crippen LogP contribution in [0, 0.1) is 0 Å². The summed E-state index contributed by atoms with van der Waals surface area (Å²) in [5.41, 5.74) is 6.43. The maximum Gasteiger partial charge on any atom is 0.320 e. The molecule has 0 radical (unpaired) electrons. The number of carboxylic acid groups (broad SMARTS) is 2. The molecule has 4 N–H and O–H groups in total. The van der Waals surface area contributed by atoms with Gasteiger partial charge in [0.1, 0.15) is 17.6 Å². The Morgan fingerprint density at radius 1 is 1.22 bits per heavy atom. The van der Waals surface area contributed by atoms with Gasteiger partial charge in [-0.15, -0.1) is 5.10 Å². The number of aromatic nitrogens is 3. The van der Waals surface area contributed by atoms with Crippen LogP contribution in [0.25, 0.3) is 0 Å². The quantitative estimate of drug-likeness (QED) is 0.600. The van der Waals surface area contributed by atoms with Crippen LogP contribution >= 0.6 is 11.8 Å². The summed E-state index contributed by atoms with van der Waals surface area (Å²) in [7, 11) is 0. The highest BCUT2D eigenvalue weighted by atomic mass is 32.2. The van der Waals surface area contributed by atoms with Crippen LogP contribution in [-0.2, 0) is 16.1 Å². The van der Waals surface area contributed by atoms with Crippen LogP contribution in [0.1, 0.15) is 12.0 Å². The number of benzene rings is 1. The molecule has 0 saturated carbocycles. The van der Waals surface area contributed by atoms with Gasteiger partial charge in [0.25, 0.3) is 0 Å². The molecule has 0 saturated heterocycles. The summed E-state index contributed by atoms with van der Waals surface area (Å²) in [6.07, 6.45) is 1.30. The number of rotatable bonds is 8. The molecule has 1 aromatic heterocycles. The lowest BCUT2D eigenvalue weighted by atomic mass is 10.2. The minimum absolute atomic E-state index is 0.206. The number of nitrogens with two attached hydrogens (primary N) is 1. The topological polar surface area (TPSA) is 131 Å². The molecule has 2 rings (SSSR count). The summed E-state index contributed by atoms with van der Waals surface area (Å²) >= 11 is 0.888. The molecule has 8 nitrogen and oxygen atoms in total. The predicted octanol–water partition coefficient (Wildman–Crippen LogP) is 0.674. The van der Waals surface area contributed by atoms with E-state index in [0.717, 1.165) is 17.3 Å². The third-order valence-corrected chi connectivity index (χ3v) is 4.09. The highest BCUT2D eigenvalue weighted by molar-refractivity contribution is 8.00. The first-order chi connectivity index (χ1) is 11.0. The van der Waals surface area contributed by atoms with Gasteiger partial charge in [0.2, 0.25) is 5.16 Å². The molecule has 2 aromatic rings. The summed E-state index contributed by atoms with van der Waals surface area (Å²) < 4.78 is 1.59. The molecular weight excluding hydrogens is 320 g/mol. The fourth-order valence-corrected chi connectivity index (χ4v) is 2.76. The first-order valence-electron chi connectivity index (χ1n) is 6.77. The molecular formula is C14H16N4O4S. The SMILES string of the molecule is NC(CC(Sc1ncn(Cc2ccccc2)n1)C(=O)O)C(=O)O. The Morgan fingerprint density at radius 3 is 2.52 bits per heavy atom. The Balaban J connectivity index is 2.01. The van der Waals surface area contributed by atoms with Crippen LogP contribution in [0.4, 0.5) is 0 Å². The van der Waals surface area contributed by atoms with E-state index in [4.69, 9.17) is 10.8 Å². The average molecular weight is 336 g/mol. The van der Waals surface area contributed by atoms with E-state index in [0.29, 0.717) is 6.54 Å². The fraction of sp³-hybridized carbons (Fsp3) is 0.286. The van der Waals surface area contributed by atoms with Gasteiger partial charge in [-0.25, -0.2) is 9.67 Å². The number of nitrogens with zero attached hydrogens (tertiary/aromatic N) is 3. The van der Waals surface area contributed by atoms with Crippen LogP contribution < -0.4 is 5.73 Å². The molecule has 0 amide bonds. The normalized spacial score (nSPS) is 13.4. The van der Waals surface area contributed by atoms with E-state index in [2.05, 4.69) is 10.1 Å². The summed E-state index contributed by atoms with van der Waals surface area (Å²) in [4.78, 5) is 26.0. The molecule has 1 heterocycles. The summed E-state index contributed by atoms with van der Waals surface area (Å²) in [5, 5.41) is 21.4. The number of hydrogen-bond donors (Lipinski definition) is 3. The standard InChI is InChI=1S/C14H16N4O4S/c15-10(12(19)20)6-11(13(21)22)23-14-16-8-18(17-14)7-9-4-2-1-3-5-9/h1-5,8,10-11H,6-7,15H2,(H,19,20)(H,21,22). The van der Waals surface area contributed by atoms with Crippen LogP contribution in [0.3, 0.4) is 0 Å². The van der Waals surface area contributed by atoms with Crippen LogP contribution in [0.5, 0.6) is 0 Å².